The number of para-hydroxylation sites is 1. The van der Waals surface area contributed by atoms with Crippen molar-refractivity contribution in [3.8, 4) is 0 Å². The van der Waals surface area contributed by atoms with Crippen LogP contribution in [0, 0.1) is 0 Å². The van der Waals surface area contributed by atoms with Crippen LogP contribution in [0.2, 0.25) is 0 Å². The van der Waals surface area contributed by atoms with Crippen molar-refractivity contribution in [2.45, 2.75) is 4.90 Å². The number of aromatic nitrogens is 2. The maximum Gasteiger partial charge on any atom is 0.177 e. The lowest BCUT2D eigenvalue weighted by atomic mass is 10.2. The molecule has 2 aromatic heterocycles. The highest BCUT2D eigenvalue weighted by Gasteiger charge is 2.24. The van der Waals surface area contributed by atoms with Gasteiger partial charge in [-0.05, 0) is 23.6 Å². The van der Waals surface area contributed by atoms with Gasteiger partial charge in [-0.25, -0.2) is 18.4 Å². The molecule has 0 bridgehead atoms. The predicted molar refractivity (Wildman–Crippen MR) is 101 cm³/mol. The highest BCUT2D eigenvalue weighted by molar-refractivity contribution is 7.90. The van der Waals surface area contributed by atoms with Crippen LogP contribution in [0.15, 0.2) is 46.9 Å². The molecule has 0 unspecified atom stereocenters. The van der Waals surface area contributed by atoms with Gasteiger partial charge in [-0.3, -0.25) is 0 Å². The summed E-state index contributed by atoms with van der Waals surface area (Å²) >= 11 is 1.65. The molecule has 1 aromatic carbocycles. The van der Waals surface area contributed by atoms with E-state index in [2.05, 4.69) is 19.8 Å². The van der Waals surface area contributed by atoms with Crippen molar-refractivity contribution in [1.82, 2.24) is 9.97 Å². The third-order valence-electron chi connectivity index (χ3n) is 4.41. The van der Waals surface area contributed by atoms with Crippen LogP contribution in [0.4, 0.5) is 11.5 Å². The molecule has 1 fully saturated rings. The van der Waals surface area contributed by atoms with Gasteiger partial charge in [0, 0.05) is 32.4 Å². The Kier molecular flexibility index (Phi) is 4.09. The molecule has 1 aliphatic heterocycles. The standard InChI is InChI=1S/C17H18N4O2S2/c1-25(22,23)15-5-3-2-4-14(15)20-7-9-21(10-8-20)17-16-13(6-11-24-16)18-12-19-17/h2-6,11-12H,7-10H2,1H3. The van der Waals surface area contributed by atoms with Crippen LogP contribution in [0.1, 0.15) is 0 Å². The molecule has 3 heterocycles. The maximum atomic E-state index is 12.0. The second kappa shape index (κ2) is 6.27. The summed E-state index contributed by atoms with van der Waals surface area (Å²) in [6.07, 6.45) is 2.87. The van der Waals surface area contributed by atoms with Gasteiger partial charge in [-0.2, -0.15) is 0 Å². The number of rotatable bonds is 3. The molecule has 0 atom stereocenters. The summed E-state index contributed by atoms with van der Waals surface area (Å²) in [5, 5.41) is 2.03. The monoisotopic (exact) mass is 374 g/mol. The van der Waals surface area contributed by atoms with E-state index in [1.807, 2.05) is 23.6 Å². The van der Waals surface area contributed by atoms with Crippen molar-refractivity contribution >= 4 is 42.9 Å². The molecule has 25 heavy (non-hydrogen) atoms. The van der Waals surface area contributed by atoms with E-state index in [4.69, 9.17) is 0 Å². The second-order valence-corrected chi connectivity index (χ2v) is 8.95. The minimum atomic E-state index is -3.24. The molecule has 6 nitrogen and oxygen atoms in total. The summed E-state index contributed by atoms with van der Waals surface area (Å²) in [5.74, 6) is 0.969. The Morgan fingerprint density at radius 2 is 1.72 bits per heavy atom. The quantitative estimate of drug-likeness (QED) is 0.701. The van der Waals surface area contributed by atoms with Crippen molar-refractivity contribution < 1.29 is 8.42 Å². The molecule has 0 spiro atoms. The summed E-state index contributed by atoms with van der Waals surface area (Å²) in [7, 11) is -3.24. The van der Waals surface area contributed by atoms with E-state index in [-0.39, 0.29) is 0 Å². The van der Waals surface area contributed by atoms with Crippen molar-refractivity contribution in [3.05, 3.63) is 42.0 Å². The first-order chi connectivity index (χ1) is 12.0. The summed E-state index contributed by atoms with van der Waals surface area (Å²) in [4.78, 5) is 13.5. The fraction of sp³-hybridized carbons (Fsp3) is 0.294. The van der Waals surface area contributed by atoms with Gasteiger partial charge in [0.25, 0.3) is 0 Å². The molecule has 4 rings (SSSR count). The predicted octanol–water partition coefficient (Wildman–Crippen LogP) is 2.42. The number of anilines is 2. The zero-order valence-electron chi connectivity index (χ0n) is 13.8. The van der Waals surface area contributed by atoms with Gasteiger partial charge in [0.2, 0.25) is 0 Å². The second-order valence-electron chi connectivity index (χ2n) is 6.05. The number of hydrogen-bond donors (Lipinski definition) is 0. The maximum absolute atomic E-state index is 12.0. The van der Waals surface area contributed by atoms with Crippen LogP contribution in [-0.2, 0) is 9.84 Å². The van der Waals surface area contributed by atoms with E-state index in [1.54, 1.807) is 29.8 Å². The Morgan fingerprint density at radius 1 is 1.00 bits per heavy atom. The van der Waals surface area contributed by atoms with Gasteiger partial charge < -0.3 is 9.80 Å². The molecule has 8 heteroatoms. The number of benzene rings is 1. The van der Waals surface area contributed by atoms with Crippen molar-refractivity contribution in [3.63, 3.8) is 0 Å². The number of sulfone groups is 1. The minimum Gasteiger partial charge on any atom is -0.367 e. The Balaban J connectivity index is 1.58. The summed E-state index contributed by atoms with van der Waals surface area (Å²) < 4.78 is 25.2. The van der Waals surface area contributed by atoms with Gasteiger partial charge >= 0.3 is 0 Å². The van der Waals surface area contributed by atoms with Crippen molar-refractivity contribution in [1.29, 1.82) is 0 Å². The van der Waals surface area contributed by atoms with Gasteiger partial charge in [0.1, 0.15) is 12.1 Å². The van der Waals surface area contributed by atoms with Crippen LogP contribution >= 0.6 is 11.3 Å². The number of hydrogen-bond acceptors (Lipinski definition) is 7. The van der Waals surface area contributed by atoms with E-state index in [0.717, 1.165) is 47.9 Å². The average molecular weight is 374 g/mol. The van der Waals surface area contributed by atoms with Crippen LogP contribution < -0.4 is 9.80 Å². The van der Waals surface area contributed by atoms with Crippen LogP contribution in [-0.4, -0.2) is 50.8 Å². The molecule has 3 aromatic rings. The van der Waals surface area contributed by atoms with E-state index in [9.17, 15) is 8.42 Å². The molecular weight excluding hydrogens is 356 g/mol. The highest BCUT2D eigenvalue weighted by Crippen LogP contribution is 2.30. The van der Waals surface area contributed by atoms with Crippen LogP contribution in [0.5, 0.6) is 0 Å². The Hall–Kier alpha value is -2.19. The molecule has 0 N–H and O–H groups in total. The summed E-state index contributed by atoms with van der Waals surface area (Å²) in [6.45, 7) is 3.09. The Labute approximate surface area is 150 Å². The zero-order valence-corrected chi connectivity index (χ0v) is 15.4. The largest absolute Gasteiger partial charge is 0.367 e. The lowest BCUT2D eigenvalue weighted by Gasteiger charge is -2.37. The van der Waals surface area contributed by atoms with Crippen LogP contribution in [0.3, 0.4) is 0 Å². The molecule has 0 aliphatic carbocycles. The van der Waals surface area contributed by atoms with Crippen molar-refractivity contribution in [2.75, 3.05) is 42.2 Å². The molecule has 0 amide bonds. The number of thiophene rings is 1. The lowest BCUT2D eigenvalue weighted by molar-refractivity contribution is 0.599. The topological polar surface area (TPSA) is 66.4 Å². The fourth-order valence-corrected chi connectivity index (χ4v) is 4.96. The molecule has 0 radical (unpaired) electrons. The Morgan fingerprint density at radius 3 is 2.48 bits per heavy atom. The number of piperazine rings is 1. The zero-order chi connectivity index (χ0) is 17.4. The van der Waals surface area contributed by atoms with Gasteiger partial charge in [0.05, 0.1) is 20.8 Å². The molecule has 1 aliphatic rings. The number of nitrogens with zero attached hydrogens (tertiary/aromatic N) is 4. The smallest absolute Gasteiger partial charge is 0.177 e. The van der Waals surface area contributed by atoms with Gasteiger partial charge in [-0.1, -0.05) is 12.1 Å². The van der Waals surface area contributed by atoms with Gasteiger partial charge in [0.15, 0.2) is 9.84 Å². The van der Waals surface area contributed by atoms with Gasteiger partial charge in [-0.15, -0.1) is 11.3 Å². The minimum absolute atomic E-state index is 0.395. The van der Waals surface area contributed by atoms with Crippen molar-refractivity contribution in [2.24, 2.45) is 0 Å². The fourth-order valence-electron chi connectivity index (χ4n) is 3.19. The SMILES string of the molecule is CS(=O)(=O)c1ccccc1N1CCN(c2ncnc3ccsc23)CC1. The highest BCUT2D eigenvalue weighted by atomic mass is 32.2. The third-order valence-corrected chi connectivity index (χ3v) is 6.45. The average Bonchev–Trinajstić information content (AvgIpc) is 3.10. The molecule has 0 saturated carbocycles. The lowest BCUT2D eigenvalue weighted by Crippen LogP contribution is -2.47. The summed E-state index contributed by atoms with van der Waals surface area (Å²) in [6, 6.07) is 9.22. The normalized spacial score (nSPS) is 15.7. The Bertz CT molecular complexity index is 1010. The number of fused-ring (bicyclic) bond motifs is 1. The molecule has 1 saturated heterocycles. The van der Waals surface area contributed by atoms with E-state index in [0.29, 0.717) is 4.90 Å². The van der Waals surface area contributed by atoms with E-state index >= 15 is 0 Å². The first-order valence-electron chi connectivity index (χ1n) is 8.01. The van der Waals surface area contributed by atoms with E-state index in [1.165, 1.54) is 6.26 Å². The summed E-state index contributed by atoms with van der Waals surface area (Å²) in [5.41, 5.74) is 1.76. The first-order valence-corrected chi connectivity index (χ1v) is 10.8. The molecule has 130 valence electrons. The van der Waals surface area contributed by atoms with Crippen LogP contribution in [0.25, 0.3) is 10.2 Å². The third kappa shape index (κ3) is 3.07. The molecular formula is C17H18N4O2S2. The first kappa shape index (κ1) is 16.3. The van der Waals surface area contributed by atoms with E-state index < -0.39 is 9.84 Å².